The molecule has 17 nitrogen and oxygen atoms in total. The standard InChI is InChI=1S/C84H164O17P2/c1-7-9-11-13-15-17-19-21-23-25-26-27-29-31-33-37-43-50-56-62-68-83(88)100-79(72-94-81(86)66-60-54-48-42-36-32-30-28-24-22-20-18-16-14-12-10-8-2)74-98-102(90,91)96-70-78(85)71-97-103(92,93)99-75-80(73-95-82(87)67-61-55-49-45-39-41-47-53-59-65-77(5)6)101-84(89)69-63-57-51-44-38-34-35-40-46-52-58-64-76(3)4/h76-80,85H,7-75H2,1-6H3,(H,90,91)(H,92,93)/t78-,79-,80-/m1/s1. The van der Waals surface area contributed by atoms with Gasteiger partial charge >= 0.3 is 39.5 Å². The summed E-state index contributed by atoms with van der Waals surface area (Å²) in [4.78, 5) is 73.2. The van der Waals surface area contributed by atoms with Crippen LogP contribution in [0.4, 0.5) is 0 Å². The van der Waals surface area contributed by atoms with Gasteiger partial charge in [0.25, 0.3) is 0 Å². The summed E-state index contributed by atoms with van der Waals surface area (Å²) in [5.74, 6) is -0.596. The molecule has 0 saturated heterocycles. The van der Waals surface area contributed by atoms with E-state index in [-0.39, 0.29) is 25.7 Å². The van der Waals surface area contributed by atoms with E-state index in [0.717, 1.165) is 102 Å². The van der Waals surface area contributed by atoms with Crippen molar-refractivity contribution in [3.8, 4) is 0 Å². The van der Waals surface area contributed by atoms with Crippen LogP contribution in [-0.4, -0.2) is 96.7 Å². The van der Waals surface area contributed by atoms with Gasteiger partial charge in [0.15, 0.2) is 12.2 Å². The summed E-state index contributed by atoms with van der Waals surface area (Å²) < 4.78 is 68.8. The Morgan fingerprint density at radius 2 is 0.447 bits per heavy atom. The second-order valence-corrected chi connectivity index (χ2v) is 34.1. The fourth-order valence-electron chi connectivity index (χ4n) is 13.1. The molecular weight excluding hydrogens is 1340 g/mol. The van der Waals surface area contributed by atoms with E-state index in [9.17, 15) is 43.2 Å². The molecule has 0 bridgehead atoms. The maximum Gasteiger partial charge on any atom is 0.472 e. The van der Waals surface area contributed by atoms with E-state index in [2.05, 4.69) is 41.5 Å². The van der Waals surface area contributed by atoms with Crippen LogP contribution < -0.4 is 0 Å². The third-order valence-electron chi connectivity index (χ3n) is 19.7. The van der Waals surface area contributed by atoms with Crippen LogP contribution >= 0.6 is 15.6 Å². The second kappa shape index (κ2) is 75.5. The Balaban J connectivity index is 5.25. The van der Waals surface area contributed by atoms with E-state index in [0.29, 0.717) is 25.7 Å². The van der Waals surface area contributed by atoms with Crippen LogP contribution in [0.5, 0.6) is 0 Å². The van der Waals surface area contributed by atoms with Crippen LogP contribution in [0.1, 0.15) is 446 Å². The van der Waals surface area contributed by atoms with Gasteiger partial charge in [-0.3, -0.25) is 37.3 Å². The number of phosphoric acid groups is 2. The molecule has 612 valence electrons. The first-order chi connectivity index (χ1) is 49.9. The van der Waals surface area contributed by atoms with E-state index in [1.165, 1.54) is 263 Å². The number of carbonyl (C=O) groups excluding carboxylic acids is 4. The molecule has 0 spiro atoms. The zero-order valence-corrected chi connectivity index (χ0v) is 69.4. The van der Waals surface area contributed by atoms with Gasteiger partial charge in [-0.15, -0.1) is 0 Å². The smallest absolute Gasteiger partial charge is 0.462 e. The van der Waals surface area contributed by atoms with Crippen LogP contribution in [0.25, 0.3) is 0 Å². The van der Waals surface area contributed by atoms with Gasteiger partial charge in [0, 0.05) is 25.7 Å². The zero-order valence-electron chi connectivity index (χ0n) is 67.6. The minimum absolute atomic E-state index is 0.106. The van der Waals surface area contributed by atoms with Gasteiger partial charge < -0.3 is 33.8 Å². The van der Waals surface area contributed by atoms with Gasteiger partial charge in [0.05, 0.1) is 26.4 Å². The van der Waals surface area contributed by atoms with Crippen molar-refractivity contribution in [2.75, 3.05) is 39.6 Å². The lowest BCUT2D eigenvalue weighted by atomic mass is 10.0. The minimum atomic E-state index is -4.96. The molecule has 0 rings (SSSR count). The Kier molecular flexibility index (Phi) is 74.1. The van der Waals surface area contributed by atoms with Gasteiger partial charge in [0.1, 0.15) is 19.3 Å². The number of aliphatic hydroxyl groups is 1. The van der Waals surface area contributed by atoms with E-state index < -0.39 is 97.5 Å². The Hall–Kier alpha value is -1.94. The topological polar surface area (TPSA) is 237 Å². The number of unbranched alkanes of at least 4 members (excludes halogenated alkanes) is 53. The van der Waals surface area contributed by atoms with E-state index in [1.54, 1.807) is 0 Å². The first kappa shape index (κ1) is 101. The number of ether oxygens (including phenoxy) is 4. The highest BCUT2D eigenvalue weighted by atomic mass is 31.2. The maximum atomic E-state index is 13.1. The summed E-state index contributed by atoms with van der Waals surface area (Å²) in [6.07, 6.45) is 66.6. The Morgan fingerprint density at radius 3 is 0.660 bits per heavy atom. The summed E-state index contributed by atoms with van der Waals surface area (Å²) in [6, 6.07) is 0. The second-order valence-electron chi connectivity index (χ2n) is 31.2. The molecule has 0 aliphatic heterocycles. The predicted molar refractivity (Wildman–Crippen MR) is 423 cm³/mol. The summed E-state index contributed by atoms with van der Waals surface area (Å²) in [5.41, 5.74) is 0. The van der Waals surface area contributed by atoms with Crippen molar-refractivity contribution in [2.45, 2.75) is 464 Å². The molecule has 0 radical (unpaired) electrons. The Labute approximate surface area is 632 Å². The van der Waals surface area contributed by atoms with Crippen molar-refractivity contribution < 1.29 is 80.2 Å². The number of aliphatic hydroxyl groups excluding tert-OH is 1. The molecule has 0 aliphatic rings. The van der Waals surface area contributed by atoms with Gasteiger partial charge in [-0.25, -0.2) is 9.13 Å². The zero-order chi connectivity index (χ0) is 75.6. The Bertz CT molecular complexity index is 1980. The van der Waals surface area contributed by atoms with Crippen molar-refractivity contribution in [3.63, 3.8) is 0 Å². The third kappa shape index (κ3) is 78.0. The van der Waals surface area contributed by atoms with Crippen molar-refractivity contribution in [3.05, 3.63) is 0 Å². The summed E-state index contributed by atoms with van der Waals surface area (Å²) in [5, 5.41) is 10.7. The SMILES string of the molecule is CCCCCCCCCCCCCCCCCCCCCCC(=O)O[C@H](COC(=O)CCCCCCCCCCCCCCCCCCC)COP(=O)(O)OC[C@@H](O)COP(=O)(O)OC[C@@H](COC(=O)CCCCCCCCCCCC(C)C)OC(=O)CCCCCCCCCCCCCC(C)C. The summed E-state index contributed by atoms with van der Waals surface area (Å²) in [7, 11) is -9.93. The average molecular weight is 1510 g/mol. The number of hydrogen-bond donors (Lipinski definition) is 3. The number of carbonyl (C=O) groups is 4. The monoisotopic (exact) mass is 1510 g/mol. The van der Waals surface area contributed by atoms with Crippen LogP contribution in [0.3, 0.4) is 0 Å². The molecule has 5 atom stereocenters. The van der Waals surface area contributed by atoms with Crippen molar-refractivity contribution in [2.24, 2.45) is 11.8 Å². The van der Waals surface area contributed by atoms with Crippen molar-refractivity contribution in [1.82, 2.24) is 0 Å². The normalized spacial score (nSPS) is 13.9. The first-order valence-electron chi connectivity index (χ1n) is 43.5. The molecule has 19 heteroatoms. The molecule has 3 N–H and O–H groups in total. The van der Waals surface area contributed by atoms with Crippen LogP contribution in [0, 0.1) is 11.8 Å². The number of rotatable bonds is 83. The lowest BCUT2D eigenvalue weighted by Gasteiger charge is -2.21. The molecule has 2 unspecified atom stereocenters. The number of phosphoric ester groups is 2. The quantitative estimate of drug-likeness (QED) is 0.0222. The summed E-state index contributed by atoms with van der Waals surface area (Å²) in [6.45, 7) is 9.64. The minimum Gasteiger partial charge on any atom is -0.462 e. The van der Waals surface area contributed by atoms with Gasteiger partial charge in [0.2, 0.25) is 0 Å². The third-order valence-corrected chi connectivity index (χ3v) is 21.6. The molecule has 0 fully saturated rings. The fraction of sp³-hybridized carbons (Fsp3) is 0.952. The lowest BCUT2D eigenvalue weighted by molar-refractivity contribution is -0.161. The van der Waals surface area contributed by atoms with Crippen LogP contribution in [-0.2, 0) is 65.4 Å². The molecule has 0 aromatic carbocycles. The molecule has 103 heavy (non-hydrogen) atoms. The molecule has 0 aromatic heterocycles. The molecule has 0 amide bonds. The van der Waals surface area contributed by atoms with E-state index in [4.69, 9.17) is 37.0 Å². The lowest BCUT2D eigenvalue weighted by Crippen LogP contribution is -2.30. The van der Waals surface area contributed by atoms with Crippen molar-refractivity contribution >= 4 is 39.5 Å². The van der Waals surface area contributed by atoms with E-state index in [1.807, 2.05) is 0 Å². The highest BCUT2D eigenvalue weighted by Gasteiger charge is 2.30. The van der Waals surface area contributed by atoms with Gasteiger partial charge in [-0.05, 0) is 37.5 Å². The average Bonchev–Trinajstić information content (AvgIpc) is 0.914. The molecule has 0 heterocycles. The Morgan fingerprint density at radius 1 is 0.262 bits per heavy atom. The molecule has 0 aromatic rings. The molecule has 0 aliphatic carbocycles. The van der Waals surface area contributed by atoms with E-state index >= 15 is 0 Å². The van der Waals surface area contributed by atoms with Crippen molar-refractivity contribution in [1.29, 1.82) is 0 Å². The fourth-order valence-corrected chi connectivity index (χ4v) is 14.6. The van der Waals surface area contributed by atoms with Crippen LogP contribution in [0.2, 0.25) is 0 Å². The van der Waals surface area contributed by atoms with Gasteiger partial charge in [-0.1, -0.05) is 395 Å². The first-order valence-corrected chi connectivity index (χ1v) is 46.5. The maximum absolute atomic E-state index is 13.1. The summed E-state index contributed by atoms with van der Waals surface area (Å²) >= 11 is 0. The van der Waals surface area contributed by atoms with Gasteiger partial charge in [-0.2, -0.15) is 0 Å². The highest BCUT2D eigenvalue weighted by molar-refractivity contribution is 7.47. The molecule has 0 saturated carbocycles. The largest absolute Gasteiger partial charge is 0.472 e. The highest BCUT2D eigenvalue weighted by Crippen LogP contribution is 2.45. The molecular formula is C84H164O17P2. The number of esters is 4. The predicted octanol–water partition coefficient (Wildman–Crippen LogP) is 25.5. The van der Waals surface area contributed by atoms with Crippen LogP contribution in [0.15, 0.2) is 0 Å². The number of hydrogen-bond acceptors (Lipinski definition) is 15.